The maximum atomic E-state index is 13.0. The molecule has 0 radical (unpaired) electrons. The zero-order valence-corrected chi connectivity index (χ0v) is 14.4. The van der Waals surface area contributed by atoms with Gasteiger partial charge in [-0.25, -0.2) is 4.39 Å². The second-order valence-electron chi connectivity index (χ2n) is 6.16. The van der Waals surface area contributed by atoms with Gasteiger partial charge in [-0.1, -0.05) is 6.07 Å². The van der Waals surface area contributed by atoms with Crippen molar-refractivity contribution in [3.05, 3.63) is 59.9 Å². The summed E-state index contributed by atoms with van der Waals surface area (Å²) in [5.74, 6) is -0.589. The number of ether oxygens (including phenoxy) is 1. The lowest BCUT2D eigenvalue weighted by molar-refractivity contribution is -0.137. The van der Waals surface area contributed by atoms with Crippen LogP contribution >= 0.6 is 0 Å². The van der Waals surface area contributed by atoms with E-state index in [1.807, 2.05) is 4.90 Å². The molecule has 144 valence electrons. The van der Waals surface area contributed by atoms with Crippen molar-refractivity contribution < 1.29 is 27.1 Å². The minimum atomic E-state index is -4.46. The number of nitrogens with zero attached hydrogens (tertiary/aromatic N) is 2. The Morgan fingerprint density at radius 2 is 1.67 bits per heavy atom. The Labute approximate surface area is 153 Å². The van der Waals surface area contributed by atoms with Gasteiger partial charge in [0.05, 0.1) is 5.56 Å². The zero-order chi connectivity index (χ0) is 19.4. The molecule has 1 aliphatic heterocycles. The molecule has 0 atom stereocenters. The summed E-state index contributed by atoms with van der Waals surface area (Å²) < 4.78 is 56.3. The van der Waals surface area contributed by atoms with Crippen LogP contribution in [0.5, 0.6) is 5.75 Å². The Bertz CT molecular complexity index is 785. The molecule has 0 unspecified atom stereocenters. The van der Waals surface area contributed by atoms with Crippen LogP contribution in [0.25, 0.3) is 0 Å². The molecule has 0 aliphatic carbocycles. The first-order valence-electron chi connectivity index (χ1n) is 8.41. The smallest absolute Gasteiger partial charge is 0.416 e. The zero-order valence-electron chi connectivity index (χ0n) is 14.4. The summed E-state index contributed by atoms with van der Waals surface area (Å²) in [5.41, 5.74) is 0.0593. The van der Waals surface area contributed by atoms with Gasteiger partial charge in [0.25, 0.3) is 5.91 Å². The van der Waals surface area contributed by atoms with Crippen molar-refractivity contribution in [2.45, 2.75) is 6.18 Å². The maximum absolute atomic E-state index is 13.0. The SMILES string of the molecule is O=C(COc1cccc(C(F)(F)F)c1)N1CCN(c2ccc(F)cc2)CC1. The lowest BCUT2D eigenvalue weighted by Crippen LogP contribution is -2.50. The van der Waals surface area contributed by atoms with Crippen molar-refractivity contribution in [2.24, 2.45) is 0 Å². The first-order chi connectivity index (χ1) is 12.8. The van der Waals surface area contributed by atoms with Crippen LogP contribution in [0, 0.1) is 5.82 Å². The standard InChI is InChI=1S/C19H18F4N2O2/c20-15-4-6-16(7-5-15)24-8-10-25(11-9-24)18(26)13-27-17-3-1-2-14(12-17)19(21,22)23/h1-7,12H,8-11,13H2. The normalized spacial score (nSPS) is 15.0. The summed E-state index contributed by atoms with van der Waals surface area (Å²) >= 11 is 0. The average Bonchev–Trinajstić information content (AvgIpc) is 2.66. The van der Waals surface area contributed by atoms with Gasteiger partial charge in [0.15, 0.2) is 6.61 Å². The number of hydrogen-bond acceptors (Lipinski definition) is 3. The van der Waals surface area contributed by atoms with Crippen LogP contribution in [0.3, 0.4) is 0 Å². The summed E-state index contributed by atoms with van der Waals surface area (Å²) in [7, 11) is 0. The van der Waals surface area contributed by atoms with E-state index in [1.54, 1.807) is 17.0 Å². The lowest BCUT2D eigenvalue weighted by Gasteiger charge is -2.36. The monoisotopic (exact) mass is 382 g/mol. The molecule has 0 N–H and O–H groups in total. The van der Waals surface area contributed by atoms with Gasteiger partial charge >= 0.3 is 6.18 Å². The van der Waals surface area contributed by atoms with Crippen molar-refractivity contribution in [3.63, 3.8) is 0 Å². The molecule has 2 aromatic rings. The molecular weight excluding hydrogens is 364 g/mol. The lowest BCUT2D eigenvalue weighted by atomic mass is 10.2. The van der Waals surface area contributed by atoms with Gasteiger partial charge in [0.1, 0.15) is 11.6 Å². The number of alkyl halides is 3. The summed E-state index contributed by atoms with van der Waals surface area (Å²) in [6.45, 7) is 1.77. The molecule has 0 bridgehead atoms. The number of rotatable bonds is 4. The van der Waals surface area contributed by atoms with Crippen LogP contribution in [0.15, 0.2) is 48.5 Å². The fourth-order valence-electron chi connectivity index (χ4n) is 2.86. The van der Waals surface area contributed by atoms with Crippen molar-refractivity contribution in [3.8, 4) is 5.75 Å². The van der Waals surface area contributed by atoms with Gasteiger partial charge < -0.3 is 14.5 Å². The van der Waals surface area contributed by atoms with Gasteiger partial charge in [-0.05, 0) is 42.5 Å². The molecule has 3 rings (SSSR count). The van der Waals surface area contributed by atoms with Gasteiger partial charge in [-0.2, -0.15) is 13.2 Å². The van der Waals surface area contributed by atoms with E-state index < -0.39 is 11.7 Å². The van der Waals surface area contributed by atoms with E-state index in [9.17, 15) is 22.4 Å². The molecular formula is C19H18F4N2O2. The molecule has 1 aliphatic rings. The molecule has 1 heterocycles. The molecule has 1 fully saturated rings. The molecule has 2 aromatic carbocycles. The first-order valence-corrected chi connectivity index (χ1v) is 8.41. The van der Waals surface area contributed by atoms with Crippen molar-refractivity contribution >= 4 is 11.6 Å². The molecule has 8 heteroatoms. The van der Waals surface area contributed by atoms with Crippen molar-refractivity contribution in [1.29, 1.82) is 0 Å². The van der Waals surface area contributed by atoms with Crippen LogP contribution in [-0.4, -0.2) is 43.6 Å². The molecule has 27 heavy (non-hydrogen) atoms. The second-order valence-corrected chi connectivity index (χ2v) is 6.16. The van der Waals surface area contributed by atoms with Crippen LogP contribution in [0.1, 0.15) is 5.56 Å². The number of benzene rings is 2. The largest absolute Gasteiger partial charge is 0.484 e. The molecule has 0 spiro atoms. The summed E-state index contributed by atoms with van der Waals surface area (Å²) in [6.07, 6.45) is -4.46. The van der Waals surface area contributed by atoms with Gasteiger partial charge in [-0.3, -0.25) is 4.79 Å². The van der Waals surface area contributed by atoms with E-state index in [2.05, 4.69) is 0 Å². The van der Waals surface area contributed by atoms with Gasteiger partial charge in [-0.15, -0.1) is 0 Å². The summed E-state index contributed by atoms with van der Waals surface area (Å²) in [4.78, 5) is 15.9. The van der Waals surface area contributed by atoms with E-state index in [1.165, 1.54) is 24.3 Å². The predicted octanol–water partition coefficient (Wildman–Crippen LogP) is 3.57. The minimum absolute atomic E-state index is 0.00289. The number of hydrogen-bond donors (Lipinski definition) is 0. The van der Waals surface area contributed by atoms with Crippen LogP contribution in [0.2, 0.25) is 0 Å². The number of carbonyl (C=O) groups is 1. The predicted molar refractivity (Wildman–Crippen MR) is 92.1 cm³/mol. The fourth-order valence-corrected chi connectivity index (χ4v) is 2.86. The molecule has 0 saturated carbocycles. The number of piperazine rings is 1. The second kappa shape index (κ2) is 7.85. The number of anilines is 1. The van der Waals surface area contributed by atoms with Crippen molar-refractivity contribution in [1.82, 2.24) is 4.90 Å². The van der Waals surface area contributed by atoms with Crippen LogP contribution < -0.4 is 9.64 Å². The number of amides is 1. The Morgan fingerprint density at radius 3 is 2.30 bits per heavy atom. The van der Waals surface area contributed by atoms with E-state index in [0.717, 1.165) is 17.8 Å². The van der Waals surface area contributed by atoms with Gasteiger partial charge in [0.2, 0.25) is 0 Å². The Kier molecular flexibility index (Phi) is 5.53. The number of halogens is 4. The highest BCUT2D eigenvalue weighted by Gasteiger charge is 2.30. The summed E-state index contributed by atoms with van der Waals surface area (Å²) in [6, 6.07) is 10.6. The highest BCUT2D eigenvalue weighted by molar-refractivity contribution is 5.78. The average molecular weight is 382 g/mol. The van der Waals surface area contributed by atoms with E-state index in [-0.39, 0.29) is 24.1 Å². The Morgan fingerprint density at radius 1 is 1.00 bits per heavy atom. The minimum Gasteiger partial charge on any atom is -0.484 e. The quantitative estimate of drug-likeness (QED) is 0.758. The van der Waals surface area contributed by atoms with E-state index in [4.69, 9.17) is 4.74 Å². The molecule has 1 amide bonds. The topological polar surface area (TPSA) is 32.8 Å². The van der Waals surface area contributed by atoms with E-state index >= 15 is 0 Å². The van der Waals surface area contributed by atoms with Crippen LogP contribution in [0.4, 0.5) is 23.2 Å². The van der Waals surface area contributed by atoms with Crippen molar-refractivity contribution in [2.75, 3.05) is 37.7 Å². The molecule has 1 saturated heterocycles. The van der Waals surface area contributed by atoms with Crippen LogP contribution in [-0.2, 0) is 11.0 Å². The van der Waals surface area contributed by atoms with Gasteiger partial charge in [0, 0.05) is 31.9 Å². The maximum Gasteiger partial charge on any atom is 0.416 e. The first kappa shape index (κ1) is 19.0. The third kappa shape index (κ3) is 4.90. The Hall–Kier alpha value is -2.77. The fraction of sp³-hybridized carbons (Fsp3) is 0.316. The molecule has 4 nitrogen and oxygen atoms in total. The number of carbonyl (C=O) groups excluding carboxylic acids is 1. The highest BCUT2D eigenvalue weighted by atomic mass is 19.4. The molecule has 0 aromatic heterocycles. The Balaban J connectivity index is 1.51. The third-order valence-corrected chi connectivity index (χ3v) is 4.35. The third-order valence-electron chi connectivity index (χ3n) is 4.35. The highest BCUT2D eigenvalue weighted by Crippen LogP contribution is 2.31. The summed E-state index contributed by atoms with van der Waals surface area (Å²) in [5, 5.41) is 0. The van der Waals surface area contributed by atoms with E-state index in [0.29, 0.717) is 26.2 Å².